The second-order valence-corrected chi connectivity index (χ2v) is 8.62. The van der Waals surface area contributed by atoms with Crippen molar-refractivity contribution in [3.8, 4) is 0 Å². The van der Waals surface area contributed by atoms with E-state index in [1.165, 1.54) is 16.7 Å². The Labute approximate surface area is 158 Å². The smallest absolute Gasteiger partial charge is 0.293 e. The third-order valence-corrected chi connectivity index (χ3v) is 6.24. The molecule has 0 N–H and O–H groups in total. The number of nitrogens with zero attached hydrogens (tertiary/aromatic N) is 2. The summed E-state index contributed by atoms with van der Waals surface area (Å²) in [4.78, 5) is 17.4. The van der Waals surface area contributed by atoms with E-state index in [1.807, 2.05) is 0 Å². The molecule has 0 spiro atoms. The van der Waals surface area contributed by atoms with Gasteiger partial charge in [0.05, 0.1) is 28.4 Å². The second kappa shape index (κ2) is 6.61. The molecule has 2 heterocycles. The highest BCUT2D eigenvalue weighted by atomic mass is 79.9. The third-order valence-electron chi connectivity index (χ3n) is 4.37. The van der Waals surface area contributed by atoms with Gasteiger partial charge < -0.3 is 0 Å². The van der Waals surface area contributed by atoms with Crippen LogP contribution in [0.15, 0.2) is 62.7 Å². The summed E-state index contributed by atoms with van der Waals surface area (Å²) in [6.45, 7) is 0.166. The van der Waals surface area contributed by atoms with E-state index in [0.717, 1.165) is 4.47 Å². The Kier molecular flexibility index (Phi) is 4.42. The number of aryl methyl sites for hydroxylation is 1. The molecule has 4 rings (SSSR count). The van der Waals surface area contributed by atoms with Crippen LogP contribution in [0.5, 0.6) is 0 Å². The maximum Gasteiger partial charge on any atom is 0.297 e. The predicted octanol–water partition coefficient (Wildman–Crippen LogP) is 2.88. The summed E-state index contributed by atoms with van der Waals surface area (Å²) in [6.07, 6.45) is 0.366. The van der Waals surface area contributed by atoms with Crippen molar-refractivity contribution in [1.82, 2.24) is 9.55 Å². The summed E-state index contributed by atoms with van der Waals surface area (Å²) in [5.74, 6) is 0.651. The average molecular weight is 435 g/mol. The Morgan fingerprint density at radius 2 is 1.92 bits per heavy atom. The van der Waals surface area contributed by atoms with E-state index < -0.39 is 16.2 Å². The van der Waals surface area contributed by atoms with Crippen molar-refractivity contribution in [1.29, 1.82) is 0 Å². The van der Waals surface area contributed by atoms with Crippen molar-refractivity contribution in [2.24, 2.45) is 0 Å². The van der Waals surface area contributed by atoms with E-state index in [2.05, 4.69) is 20.9 Å². The first-order chi connectivity index (χ1) is 12.4. The van der Waals surface area contributed by atoms with Crippen LogP contribution in [-0.2, 0) is 27.3 Å². The minimum absolute atomic E-state index is 0.111. The van der Waals surface area contributed by atoms with Crippen LogP contribution in [0.25, 0.3) is 10.9 Å². The number of hydrogen-bond donors (Lipinski definition) is 0. The maximum atomic E-state index is 12.8. The van der Waals surface area contributed by atoms with Gasteiger partial charge in [0.25, 0.3) is 15.7 Å². The molecule has 134 valence electrons. The first-order valence-corrected chi connectivity index (χ1v) is 10.3. The molecule has 0 saturated heterocycles. The van der Waals surface area contributed by atoms with Crippen LogP contribution in [0.3, 0.4) is 0 Å². The lowest BCUT2D eigenvalue weighted by atomic mass is 10.1. The van der Waals surface area contributed by atoms with E-state index in [-0.39, 0.29) is 17.0 Å². The predicted molar refractivity (Wildman–Crippen MR) is 101 cm³/mol. The molecular formula is C18H15BrN2O4S. The molecule has 0 amide bonds. The van der Waals surface area contributed by atoms with Gasteiger partial charge in [-0.1, -0.05) is 34.1 Å². The summed E-state index contributed by atoms with van der Waals surface area (Å²) >= 11 is 3.38. The molecule has 1 aliphatic rings. The lowest BCUT2D eigenvalue weighted by Crippen LogP contribution is -2.37. The Morgan fingerprint density at radius 3 is 2.69 bits per heavy atom. The molecule has 1 aliphatic heterocycles. The summed E-state index contributed by atoms with van der Waals surface area (Å²) in [5.41, 5.74) is 0.454. The van der Waals surface area contributed by atoms with Gasteiger partial charge in [-0.2, -0.15) is 8.42 Å². The lowest BCUT2D eigenvalue weighted by Gasteiger charge is -2.25. The lowest BCUT2D eigenvalue weighted by molar-refractivity contribution is 0.159. The van der Waals surface area contributed by atoms with Crippen molar-refractivity contribution >= 4 is 37.0 Å². The van der Waals surface area contributed by atoms with Crippen LogP contribution in [0.4, 0.5) is 0 Å². The standard InChI is InChI=1S/C18H15BrN2O4S/c19-12-6-8-15-16(10-12)20-17-9-7-13(11-21(17)18(15)22)25-26(23,24)14-4-2-1-3-5-14/h1-6,8,10,13H,7,9,11H2. The molecule has 0 bridgehead atoms. The van der Waals surface area contributed by atoms with Crippen molar-refractivity contribution in [3.63, 3.8) is 0 Å². The first kappa shape index (κ1) is 17.4. The SMILES string of the molecule is O=c1c2ccc(Br)cc2nc2n1CC(OS(=O)(=O)c1ccccc1)CC2. The molecule has 1 unspecified atom stereocenters. The van der Waals surface area contributed by atoms with Gasteiger partial charge in [-0.3, -0.25) is 13.5 Å². The van der Waals surface area contributed by atoms with E-state index >= 15 is 0 Å². The zero-order chi connectivity index (χ0) is 18.3. The molecule has 3 aromatic rings. The van der Waals surface area contributed by atoms with Crippen LogP contribution in [0.2, 0.25) is 0 Å². The van der Waals surface area contributed by atoms with Crippen molar-refractivity contribution in [2.45, 2.75) is 30.4 Å². The van der Waals surface area contributed by atoms with Crippen molar-refractivity contribution in [2.75, 3.05) is 0 Å². The van der Waals surface area contributed by atoms with Gasteiger partial charge in [0.15, 0.2) is 0 Å². The minimum Gasteiger partial charge on any atom is -0.293 e. The summed E-state index contributed by atoms with van der Waals surface area (Å²) in [6, 6.07) is 13.3. The molecule has 0 radical (unpaired) electrons. The minimum atomic E-state index is -3.87. The Bertz CT molecular complexity index is 1140. The Hall–Kier alpha value is -2.03. The summed E-state index contributed by atoms with van der Waals surface area (Å²) in [5, 5.41) is 0.503. The zero-order valence-electron chi connectivity index (χ0n) is 13.6. The fourth-order valence-corrected chi connectivity index (χ4v) is 4.57. The fourth-order valence-electron chi connectivity index (χ4n) is 3.10. The van der Waals surface area contributed by atoms with Gasteiger partial charge in [-0.15, -0.1) is 0 Å². The summed E-state index contributed by atoms with van der Waals surface area (Å²) in [7, 11) is -3.87. The zero-order valence-corrected chi connectivity index (χ0v) is 16.0. The molecule has 0 fully saturated rings. The average Bonchev–Trinajstić information content (AvgIpc) is 2.63. The van der Waals surface area contributed by atoms with Gasteiger partial charge in [0.2, 0.25) is 0 Å². The Morgan fingerprint density at radius 1 is 1.15 bits per heavy atom. The quantitative estimate of drug-likeness (QED) is 0.592. The normalized spacial score (nSPS) is 17.2. The highest BCUT2D eigenvalue weighted by molar-refractivity contribution is 9.10. The van der Waals surface area contributed by atoms with Gasteiger partial charge >= 0.3 is 0 Å². The second-order valence-electron chi connectivity index (χ2n) is 6.13. The number of aromatic nitrogens is 2. The van der Waals surface area contributed by atoms with Crippen LogP contribution in [0.1, 0.15) is 12.2 Å². The topological polar surface area (TPSA) is 78.3 Å². The van der Waals surface area contributed by atoms with E-state index in [0.29, 0.717) is 29.6 Å². The van der Waals surface area contributed by atoms with Gasteiger partial charge in [0.1, 0.15) is 5.82 Å². The number of halogens is 1. The monoisotopic (exact) mass is 434 g/mol. The third kappa shape index (κ3) is 3.20. The van der Waals surface area contributed by atoms with E-state index in [1.54, 1.807) is 36.4 Å². The number of rotatable bonds is 3. The van der Waals surface area contributed by atoms with E-state index in [4.69, 9.17) is 4.18 Å². The molecule has 0 aliphatic carbocycles. The number of fused-ring (bicyclic) bond motifs is 2. The molecule has 1 aromatic heterocycles. The Balaban J connectivity index is 1.66. The van der Waals surface area contributed by atoms with Crippen molar-refractivity contribution < 1.29 is 12.6 Å². The first-order valence-electron chi connectivity index (χ1n) is 8.11. The number of hydrogen-bond acceptors (Lipinski definition) is 5. The van der Waals surface area contributed by atoms with Crippen molar-refractivity contribution in [3.05, 3.63) is 69.2 Å². The highest BCUT2D eigenvalue weighted by Gasteiger charge is 2.27. The molecule has 26 heavy (non-hydrogen) atoms. The molecule has 8 heteroatoms. The molecule has 0 saturated carbocycles. The van der Waals surface area contributed by atoms with Gasteiger partial charge in [0, 0.05) is 10.9 Å². The molecule has 2 aromatic carbocycles. The van der Waals surface area contributed by atoms with Gasteiger partial charge in [-0.05, 0) is 36.8 Å². The molecule has 6 nitrogen and oxygen atoms in total. The molecule has 1 atom stereocenters. The highest BCUT2D eigenvalue weighted by Crippen LogP contribution is 2.22. The molecular weight excluding hydrogens is 420 g/mol. The maximum absolute atomic E-state index is 12.8. The number of benzene rings is 2. The van der Waals surface area contributed by atoms with Crippen LogP contribution in [0, 0.1) is 0 Å². The summed E-state index contributed by atoms with van der Waals surface area (Å²) < 4.78 is 32.6. The van der Waals surface area contributed by atoms with E-state index in [9.17, 15) is 13.2 Å². The van der Waals surface area contributed by atoms with Crippen LogP contribution in [-0.4, -0.2) is 24.1 Å². The largest absolute Gasteiger partial charge is 0.297 e. The van der Waals surface area contributed by atoms with Crippen LogP contribution < -0.4 is 5.56 Å². The fraction of sp³-hybridized carbons (Fsp3) is 0.222. The van der Waals surface area contributed by atoms with Gasteiger partial charge in [-0.25, -0.2) is 4.98 Å². The van der Waals surface area contributed by atoms with Crippen LogP contribution >= 0.6 is 15.9 Å².